The van der Waals surface area contributed by atoms with E-state index in [-0.39, 0.29) is 0 Å². The SMILES string of the molecule is C1=c2ccc3c(c2CCC1)CC=c1ccccc1=3.C=CC. The van der Waals surface area contributed by atoms with Gasteiger partial charge in [-0.25, -0.2) is 0 Å². The van der Waals surface area contributed by atoms with Gasteiger partial charge in [-0.2, -0.15) is 0 Å². The van der Waals surface area contributed by atoms with Crippen molar-refractivity contribution in [1.82, 2.24) is 0 Å². The molecule has 0 atom stereocenters. The zero-order valence-electron chi connectivity index (χ0n) is 12.7. The lowest BCUT2D eigenvalue weighted by molar-refractivity contribution is 0.824. The van der Waals surface area contributed by atoms with Crippen LogP contribution in [0.15, 0.2) is 49.1 Å². The number of benzene rings is 2. The first kappa shape index (κ1) is 13.9. The van der Waals surface area contributed by atoms with E-state index in [0.29, 0.717) is 0 Å². The molecular formula is C21H22. The maximum absolute atomic E-state index is 3.36. The molecule has 0 saturated carbocycles. The van der Waals surface area contributed by atoms with E-state index >= 15 is 0 Å². The van der Waals surface area contributed by atoms with Gasteiger partial charge in [0, 0.05) is 0 Å². The Morgan fingerprint density at radius 2 is 1.71 bits per heavy atom. The Kier molecular flexibility index (Phi) is 4.06. The summed E-state index contributed by atoms with van der Waals surface area (Å²) in [5.74, 6) is 0. The van der Waals surface area contributed by atoms with Gasteiger partial charge in [0.1, 0.15) is 0 Å². The van der Waals surface area contributed by atoms with Crippen molar-refractivity contribution < 1.29 is 0 Å². The number of rotatable bonds is 0. The predicted octanol–water partition coefficient (Wildman–Crippen LogP) is 3.62. The fourth-order valence-corrected chi connectivity index (χ4v) is 3.35. The Bertz CT molecular complexity index is 869. The molecule has 0 N–H and O–H groups in total. The Morgan fingerprint density at radius 3 is 2.57 bits per heavy atom. The van der Waals surface area contributed by atoms with Crippen LogP contribution in [-0.2, 0) is 12.8 Å². The van der Waals surface area contributed by atoms with E-state index in [4.69, 9.17) is 0 Å². The number of fused-ring (bicyclic) bond motifs is 4. The minimum atomic E-state index is 1.10. The summed E-state index contributed by atoms with van der Waals surface area (Å²) in [7, 11) is 0. The summed E-state index contributed by atoms with van der Waals surface area (Å²) in [5, 5.41) is 5.74. The van der Waals surface area contributed by atoms with E-state index in [2.05, 4.69) is 55.1 Å². The van der Waals surface area contributed by atoms with Gasteiger partial charge in [-0.1, -0.05) is 54.6 Å². The van der Waals surface area contributed by atoms with Crippen molar-refractivity contribution in [3.05, 3.63) is 81.1 Å². The Hall–Kier alpha value is -2.08. The van der Waals surface area contributed by atoms with E-state index < -0.39 is 0 Å². The van der Waals surface area contributed by atoms with Crippen LogP contribution in [-0.4, -0.2) is 0 Å². The molecule has 2 aromatic rings. The second kappa shape index (κ2) is 6.13. The van der Waals surface area contributed by atoms with E-state index in [1.54, 1.807) is 17.2 Å². The highest BCUT2D eigenvalue weighted by Gasteiger charge is 2.10. The van der Waals surface area contributed by atoms with Crippen LogP contribution in [0.5, 0.6) is 0 Å². The third kappa shape index (κ3) is 2.58. The minimum absolute atomic E-state index is 1.10. The van der Waals surface area contributed by atoms with Crippen LogP contribution in [0.25, 0.3) is 12.2 Å². The highest BCUT2D eigenvalue weighted by Crippen LogP contribution is 2.17. The summed E-state index contributed by atoms with van der Waals surface area (Å²) >= 11 is 0. The first-order valence-electron chi connectivity index (χ1n) is 7.82. The average molecular weight is 274 g/mol. The number of allylic oxidation sites excluding steroid dienone is 1. The van der Waals surface area contributed by atoms with Crippen molar-refractivity contribution in [1.29, 1.82) is 0 Å². The number of hydrogen-bond donors (Lipinski definition) is 0. The van der Waals surface area contributed by atoms with Gasteiger partial charge < -0.3 is 0 Å². The summed E-state index contributed by atoms with van der Waals surface area (Å²) in [6, 6.07) is 13.4. The molecule has 4 rings (SSSR count). The fourth-order valence-electron chi connectivity index (χ4n) is 3.35. The third-order valence-corrected chi connectivity index (χ3v) is 4.24. The van der Waals surface area contributed by atoms with Crippen molar-refractivity contribution in [2.45, 2.75) is 32.6 Å². The molecule has 106 valence electrons. The van der Waals surface area contributed by atoms with Crippen LogP contribution >= 0.6 is 0 Å². The van der Waals surface area contributed by atoms with Gasteiger partial charge in [0.25, 0.3) is 0 Å². The summed E-state index contributed by atoms with van der Waals surface area (Å²) < 4.78 is 0. The van der Waals surface area contributed by atoms with Crippen molar-refractivity contribution >= 4 is 12.2 Å². The fraction of sp³-hybridized carbons (Fsp3) is 0.238. The van der Waals surface area contributed by atoms with Gasteiger partial charge in [-0.15, -0.1) is 6.58 Å². The second-order valence-electron chi connectivity index (χ2n) is 5.66. The van der Waals surface area contributed by atoms with Crippen LogP contribution < -0.4 is 10.4 Å². The molecule has 2 aromatic carbocycles. The van der Waals surface area contributed by atoms with Gasteiger partial charge in [0.2, 0.25) is 0 Å². The highest BCUT2D eigenvalue weighted by molar-refractivity contribution is 5.47. The topological polar surface area (TPSA) is 0 Å². The summed E-state index contributed by atoms with van der Waals surface area (Å²) in [4.78, 5) is 0. The van der Waals surface area contributed by atoms with Crippen LogP contribution in [0.4, 0.5) is 0 Å². The second-order valence-corrected chi connectivity index (χ2v) is 5.66. The molecule has 0 heteroatoms. The molecule has 0 amide bonds. The monoisotopic (exact) mass is 274 g/mol. The third-order valence-electron chi connectivity index (χ3n) is 4.24. The molecule has 2 aliphatic rings. The molecule has 0 bridgehead atoms. The lowest BCUT2D eigenvalue weighted by Gasteiger charge is -2.16. The molecule has 0 heterocycles. The molecule has 0 saturated heterocycles. The Morgan fingerprint density at radius 1 is 0.905 bits per heavy atom. The maximum Gasteiger partial charge on any atom is -0.00791 e. The van der Waals surface area contributed by atoms with E-state index in [0.717, 1.165) is 6.42 Å². The number of hydrogen-bond acceptors (Lipinski definition) is 0. The van der Waals surface area contributed by atoms with E-state index in [1.807, 2.05) is 6.92 Å². The van der Waals surface area contributed by atoms with Gasteiger partial charge in [-0.05, 0) is 64.6 Å². The van der Waals surface area contributed by atoms with Crippen molar-refractivity contribution in [2.75, 3.05) is 0 Å². The van der Waals surface area contributed by atoms with Crippen LogP contribution in [0.1, 0.15) is 30.9 Å². The van der Waals surface area contributed by atoms with Gasteiger partial charge in [0.15, 0.2) is 0 Å². The molecular weight excluding hydrogens is 252 g/mol. The molecule has 0 spiro atoms. The molecule has 2 aliphatic carbocycles. The zero-order chi connectivity index (χ0) is 14.7. The average Bonchev–Trinajstić information content (AvgIpc) is 2.55. The molecule has 0 aliphatic heterocycles. The molecule has 21 heavy (non-hydrogen) atoms. The quantitative estimate of drug-likeness (QED) is 0.644. The van der Waals surface area contributed by atoms with Gasteiger partial charge in [0.05, 0.1) is 0 Å². The lowest BCUT2D eigenvalue weighted by Crippen LogP contribution is -2.19. The molecule has 0 nitrogen and oxygen atoms in total. The van der Waals surface area contributed by atoms with Gasteiger partial charge >= 0.3 is 0 Å². The standard InChI is InChI=1S/C18H16.C3H6/c1-3-7-15-13(5-1)9-11-18-16-8-4-2-6-14(16)10-12-17(15)18;1-3-2/h1,3,5-7,9-10,12H,2,4,8,11H2;3H,1H2,2H3. The van der Waals surface area contributed by atoms with E-state index in [1.165, 1.54) is 40.1 Å². The summed E-state index contributed by atoms with van der Waals surface area (Å²) in [6.45, 7) is 5.25. The maximum atomic E-state index is 3.36. The van der Waals surface area contributed by atoms with Crippen LogP contribution in [0.3, 0.4) is 0 Å². The van der Waals surface area contributed by atoms with Gasteiger partial charge in [-0.3, -0.25) is 0 Å². The normalized spacial score (nSPS) is 14.1. The summed E-state index contributed by atoms with van der Waals surface area (Å²) in [5.41, 5.74) is 3.17. The minimum Gasteiger partial charge on any atom is -0.103 e. The smallest absolute Gasteiger partial charge is 0.00791 e. The van der Waals surface area contributed by atoms with E-state index in [9.17, 15) is 0 Å². The Balaban J connectivity index is 0.000000409. The first-order chi connectivity index (χ1) is 10.3. The molecule has 0 aromatic heterocycles. The lowest BCUT2D eigenvalue weighted by atomic mass is 9.89. The zero-order valence-corrected chi connectivity index (χ0v) is 12.7. The molecule has 0 unspecified atom stereocenters. The van der Waals surface area contributed by atoms with Crippen molar-refractivity contribution in [3.63, 3.8) is 0 Å². The van der Waals surface area contributed by atoms with Crippen LogP contribution in [0, 0.1) is 10.4 Å². The molecule has 0 radical (unpaired) electrons. The van der Waals surface area contributed by atoms with Crippen LogP contribution in [0.2, 0.25) is 0 Å². The predicted molar refractivity (Wildman–Crippen MR) is 91.2 cm³/mol. The highest BCUT2D eigenvalue weighted by atomic mass is 14.1. The summed E-state index contributed by atoms with van der Waals surface area (Å²) in [6.07, 6.45) is 11.4. The first-order valence-corrected chi connectivity index (χ1v) is 7.82. The van der Waals surface area contributed by atoms with Crippen molar-refractivity contribution in [3.8, 4) is 0 Å². The molecule has 0 fully saturated rings. The Labute approximate surface area is 126 Å². The van der Waals surface area contributed by atoms with Crippen molar-refractivity contribution in [2.24, 2.45) is 0 Å². The largest absolute Gasteiger partial charge is 0.103 e.